The first-order valence-electron chi connectivity index (χ1n) is 6.78. The van der Waals surface area contributed by atoms with Gasteiger partial charge in [-0.1, -0.05) is 0 Å². The Morgan fingerprint density at radius 3 is 2.62 bits per heavy atom. The Labute approximate surface area is 127 Å². The van der Waals surface area contributed by atoms with E-state index in [1.165, 1.54) is 25.2 Å². The number of fused-ring (bicyclic) bond motifs is 1. The molecule has 2 rings (SSSR count). The van der Waals surface area contributed by atoms with Gasteiger partial charge >= 0.3 is 5.97 Å². The van der Waals surface area contributed by atoms with Crippen molar-refractivity contribution in [3.8, 4) is 0 Å². The van der Waals surface area contributed by atoms with E-state index in [2.05, 4.69) is 5.32 Å². The van der Waals surface area contributed by atoms with Gasteiger partial charge < -0.3 is 15.0 Å². The smallest absolute Gasteiger partial charge is 0.341 e. The lowest BCUT2D eigenvalue weighted by atomic mass is 10.0. The Bertz CT molecular complexity index is 594. The van der Waals surface area contributed by atoms with Crippen LogP contribution in [-0.2, 0) is 27.3 Å². The topological polar surface area (TPSA) is 75.7 Å². The van der Waals surface area contributed by atoms with Crippen molar-refractivity contribution in [2.45, 2.75) is 33.7 Å². The van der Waals surface area contributed by atoms with E-state index < -0.39 is 5.97 Å². The number of carbonyl (C=O) groups excluding carboxylic acids is 3. The molecule has 0 saturated carbocycles. The van der Waals surface area contributed by atoms with Gasteiger partial charge in [-0.2, -0.15) is 0 Å². The molecule has 0 bridgehead atoms. The molecule has 7 heteroatoms. The number of nitrogens with zero attached hydrogens (tertiary/aromatic N) is 1. The van der Waals surface area contributed by atoms with Crippen molar-refractivity contribution in [3.05, 3.63) is 16.0 Å². The zero-order valence-corrected chi connectivity index (χ0v) is 13.1. The number of hydrogen-bond donors (Lipinski definition) is 1. The number of nitrogens with one attached hydrogen (secondary N) is 1. The van der Waals surface area contributed by atoms with Crippen molar-refractivity contribution < 1.29 is 19.1 Å². The van der Waals surface area contributed by atoms with Gasteiger partial charge in [-0.15, -0.1) is 11.3 Å². The van der Waals surface area contributed by atoms with Crippen molar-refractivity contribution in [1.29, 1.82) is 0 Å². The lowest BCUT2D eigenvalue weighted by molar-refractivity contribution is -0.129. The standard InChI is InChI=1S/C14H18N2O4S/c1-4-20-14(19)12-10-5-6-16(9(3)18)7-11(10)21-13(12)15-8(2)17/h4-7H2,1-3H3,(H,15,17). The number of hydrogen-bond acceptors (Lipinski definition) is 5. The minimum Gasteiger partial charge on any atom is -0.462 e. The van der Waals surface area contributed by atoms with E-state index in [0.717, 1.165) is 10.4 Å². The number of ether oxygens (including phenoxy) is 1. The van der Waals surface area contributed by atoms with Gasteiger partial charge in [0, 0.05) is 25.3 Å². The van der Waals surface area contributed by atoms with E-state index >= 15 is 0 Å². The van der Waals surface area contributed by atoms with Crippen LogP contribution in [0.5, 0.6) is 0 Å². The summed E-state index contributed by atoms with van der Waals surface area (Å²) in [6.07, 6.45) is 0.596. The lowest BCUT2D eigenvalue weighted by Gasteiger charge is -2.25. The summed E-state index contributed by atoms with van der Waals surface area (Å²) in [6, 6.07) is 0. The molecule has 2 heterocycles. The molecule has 2 amide bonds. The molecule has 0 aromatic carbocycles. The van der Waals surface area contributed by atoms with Crippen LogP contribution in [0.4, 0.5) is 5.00 Å². The van der Waals surface area contributed by atoms with Crippen molar-refractivity contribution >= 4 is 34.1 Å². The van der Waals surface area contributed by atoms with Gasteiger partial charge in [-0.05, 0) is 18.9 Å². The number of anilines is 1. The molecule has 0 aliphatic carbocycles. The summed E-state index contributed by atoms with van der Waals surface area (Å²) in [7, 11) is 0. The lowest BCUT2D eigenvalue weighted by Crippen LogP contribution is -2.34. The molecule has 0 radical (unpaired) electrons. The Kier molecular flexibility index (Phi) is 4.62. The molecule has 1 aromatic rings. The summed E-state index contributed by atoms with van der Waals surface area (Å²) >= 11 is 1.34. The highest BCUT2D eigenvalue weighted by Gasteiger charge is 2.29. The third-order valence-corrected chi connectivity index (χ3v) is 4.40. The van der Waals surface area contributed by atoms with E-state index in [1.807, 2.05) is 0 Å². The molecule has 0 saturated heterocycles. The quantitative estimate of drug-likeness (QED) is 0.864. The highest BCUT2D eigenvalue weighted by Crippen LogP contribution is 2.37. The van der Waals surface area contributed by atoms with Crippen LogP contribution in [0.1, 0.15) is 41.6 Å². The molecule has 0 fully saturated rings. The zero-order valence-electron chi connectivity index (χ0n) is 12.3. The fourth-order valence-corrected chi connectivity index (χ4v) is 3.64. The van der Waals surface area contributed by atoms with E-state index in [0.29, 0.717) is 30.1 Å². The summed E-state index contributed by atoms with van der Waals surface area (Å²) in [4.78, 5) is 37.6. The average molecular weight is 310 g/mol. The monoisotopic (exact) mass is 310 g/mol. The second-order valence-electron chi connectivity index (χ2n) is 4.80. The van der Waals surface area contributed by atoms with Gasteiger partial charge in [-0.3, -0.25) is 9.59 Å². The van der Waals surface area contributed by atoms with Gasteiger partial charge in [-0.25, -0.2) is 4.79 Å². The highest BCUT2D eigenvalue weighted by atomic mass is 32.1. The first-order chi connectivity index (χ1) is 9.93. The van der Waals surface area contributed by atoms with Crippen molar-refractivity contribution in [2.75, 3.05) is 18.5 Å². The van der Waals surface area contributed by atoms with Gasteiger partial charge in [0.1, 0.15) is 5.00 Å². The molecule has 0 spiro atoms. The second-order valence-corrected chi connectivity index (χ2v) is 5.91. The predicted octanol–water partition coefficient (Wildman–Crippen LogP) is 1.79. The predicted molar refractivity (Wildman–Crippen MR) is 79.4 cm³/mol. The normalized spacial score (nSPS) is 13.6. The number of esters is 1. The van der Waals surface area contributed by atoms with Gasteiger partial charge in [0.2, 0.25) is 11.8 Å². The maximum absolute atomic E-state index is 12.1. The molecular formula is C14H18N2O4S. The SMILES string of the molecule is CCOC(=O)c1c(NC(C)=O)sc2c1CCN(C(C)=O)C2. The van der Waals surface area contributed by atoms with Crippen molar-refractivity contribution in [1.82, 2.24) is 4.90 Å². The maximum Gasteiger partial charge on any atom is 0.341 e. The number of thiophene rings is 1. The van der Waals surface area contributed by atoms with Crippen LogP contribution in [0.15, 0.2) is 0 Å². The van der Waals surface area contributed by atoms with Crippen LogP contribution in [0.2, 0.25) is 0 Å². The van der Waals surface area contributed by atoms with Crippen molar-refractivity contribution in [3.63, 3.8) is 0 Å². The van der Waals surface area contributed by atoms with Gasteiger partial charge in [0.05, 0.1) is 18.7 Å². The summed E-state index contributed by atoms with van der Waals surface area (Å²) in [6.45, 7) is 6.00. The molecule has 114 valence electrons. The third kappa shape index (κ3) is 3.24. The minimum absolute atomic E-state index is 0.00723. The van der Waals surface area contributed by atoms with Crippen LogP contribution in [0.25, 0.3) is 0 Å². The summed E-state index contributed by atoms with van der Waals surface area (Å²) < 4.78 is 5.08. The molecule has 21 heavy (non-hydrogen) atoms. The number of rotatable bonds is 3. The van der Waals surface area contributed by atoms with Crippen LogP contribution < -0.4 is 5.32 Å². The molecular weight excluding hydrogens is 292 g/mol. The fraction of sp³-hybridized carbons (Fsp3) is 0.500. The first-order valence-corrected chi connectivity index (χ1v) is 7.60. The molecule has 0 unspecified atom stereocenters. The summed E-state index contributed by atoms with van der Waals surface area (Å²) in [5.41, 5.74) is 1.33. The number of carbonyl (C=O) groups is 3. The molecule has 1 aliphatic rings. The molecule has 1 N–H and O–H groups in total. The van der Waals surface area contributed by atoms with Crippen molar-refractivity contribution in [2.24, 2.45) is 0 Å². The van der Waals surface area contributed by atoms with Crippen LogP contribution in [0.3, 0.4) is 0 Å². The Morgan fingerprint density at radius 1 is 1.33 bits per heavy atom. The summed E-state index contributed by atoms with van der Waals surface area (Å²) in [5, 5.41) is 3.20. The zero-order chi connectivity index (χ0) is 15.6. The molecule has 1 aliphatic heterocycles. The van der Waals surface area contributed by atoms with Gasteiger partial charge in [0.25, 0.3) is 0 Å². The van der Waals surface area contributed by atoms with Crippen LogP contribution in [-0.4, -0.2) is 35.8 Å². The summed E-state index contributed by atoms with van der Waals surface area (Å²) in [5.74, 6) is -0.648. The first kappa shape index (κ1) is 15.5. The van der Waals surface area contributed by atoms with Gasteiger partial charge in [0.15, 0.2) is 0 Å². The van der Waals surface area contributed by atoms with E-state index in [1.54, 1.807) is 11.8 Å². The van der Waals surface area contributed by atoms with E-state index in [4.69, 9.17) is 4.74 Å². The Balaban J connectivity index is 2.40. The van der Waals surface area contributed by atoms with E-state index in [-0.39, 0.29) is 18.4 Å². The largest absolute Gasteiger partial charge is 0.462 e. The highest BCUT2D eigenvalue weighted by molar-refractivity contribution is 7.17. The fourth-order valence-electron chi connectivity index (χ4n) is 2.34. The van der Waals surface area contributed by atoms with Crippen LogP contribution in [0, 0.1) is 0 Å². The Morgan fingerprint density at radius 2 is 2.05 bits per heavy atom. The third-order valence-electron chi connectivity index (χ3n) is 3.27. The molecule has 6 nitrogen and oxygen atoms in total. The van der Waals surface area contributed by atoms with Crippen LogP contribution >= 0.6 is 11.3 Å². The van der Waals surface area contributed by atoms with E-state index in [9.17, 15) is 14.4 Å². The Hall–Kier alpha value is -1.89. The number of amides is 2. The molecule has 0 atom stereocenters. The second kappa shape index (κ2) is 6.26. The maximum atomic E-state index is 12.1. The average Bonchev–Trinajstić information content (AvgIpc) is 2.74. The minimum atomic E-state index is -0.421. The molecule has 1 aromatic heterocycles.